The Hall–Kier alpha value is -6.15. The third-order valence-corrected chi connectivity index (χ3v) is 15.1. The molecule has 6 aromatic carbocycles. The average molecular weight is 1020 g/mol. The number of hydrogen-bond acceptors (Lipinski definition) is 10. The van der Waals surface area contributed by atoms with Crippen molar-refractivity contribution in [3.8, 4) is 28.7 Å². The van der Waals surface area contributed by atoms with E-state index in [2.05, 4.69) is 21.9 Å². The van der Waals surface area contributed by atoms with Crippen LogP contribution < -0.4 is 14.2 Å². The number of fused-ring (bicyclic) bond motifs is 2. The molecule has 0 spiro atoms. The molecule has 10 rings (SSSR count). The van der Waals surface area contributed by atoms with Crippen LogP contribution in [0.3, 0.4) is 0 Å². The second kappa shape index (κ2) is 23.8. The molecule has 0 unspecified atom stereocenters. The molecule has 0 atom stereocenters. The van der Waals surface area contributed by atoms with E-state index >= 15 is 0 Å². The lowest BCUT2D eigenvalue weighted by molar-refractivity contribution is 0.0183. The summed E-state index contributed by atoms with van der Waals surface area (Å²) in [6.45, 7) is 12.4. The van der Waals surface area contributed by atoms with Crippen LogP contribution in [0.1, 0.15) is 65.6 Å². The van der Waals surface area contributed by atoms with Crippen molar-refractivity contribution in [1.82, 2.24) is 9.80 Å². The number of hydrogen-bond donors (Lipinski definition) is 1. The Morgan fingerprint density at radius 2 is 1.03 bits per heavy atom. The molecule has 368 valence electrons. The SMILES string of the molecule is Cc1ccc2c(Cl)c(C(=O)c3ccccc3C)sc2c1.Cc1ccc2c(Oc3ccc(OC4CN(CCCF)C4)cc3)c(C(=O)c3ccccc3C)sc2c1.Oc1ccc(OC2CN(CCCF)C2)cc1. The first-order valence-electron chi connectivity index (χ1n) is 23.8. The number of nitrogens with zero attached hydrogens (tertiary/aromatic N) is 2. The molecular weight excluding hydrogens is 958 g/mol. The zero-order chi connectivity index (χ0) is 50.0. The van der Waals surface area contributed by atoms with E-state index in [9.17, 15) is 18.4 Å². The highest BCUT2D eigenvalue weighted by Crippen LogP contribution is 2.43. The molecule has 0 saturated carbocycles. The van der Waals surface area contributed by atoms with Gasteiger partial charge in [0.1, 0.15) is 40.1 Å². The van der Waals surface area contributed by atoms with Gasteiger partial charge in [-0.2, -0.15) is 0 Å². The molecule has 13 heteroatoms. The standard InChI is InChI=1S/C29H28FNO3S.C17H13ClOS.C12H16FNO2/c1-19-8-13-25-26(16-19)35-29(27(32)24-7-4-3-6-20(24)2)28(25)34-22-11-9-21(10-12-22)33-23-17-31(18-23)15-5-14-30;1-10-7-8-13-14(9-10)20-17(15(13)18)16(19)12-6-4-3-5-11(12)2;13-6-1-7-14-8-12(9-14)16-11-4-2-10(15)3-5-11/h3-4,6-13,16,23H,5,14-15,17-18H2,1-2H3;3-9H,1-2H3;2-5,12,15H,1,6-9H2. The van der Waals surface area contributed by atoms with Gasteiger partial charge < -0.3 is 19.3 Å². The number of aryl methyl sites for hydroxylation is 4. The number of ether oxygens (including phenoxy) is 3. The van der Waals surface area contributed by atoms with Crippen LogP contribution in [0.25, 0.3) is 20.2 Å². The Kier molecular flexibility index (Phi) is 17.2. The second-order valence-electron chi connectivity index (χ2n) is 17.9. The van der Waals surface area contributed by atoms with Crippen molar-refractivity contribution in [3.05, 3.63) is 182 Å². The van der Waals surface area contributed by atoms with Gasteiger partial charge in [-0.3, -0.25) is 28.2 Å². The number of ketones is 2. The molecule has 2 aromatic heterocycles. The van der Waals surface area contributed by atoms with Crippen LogP contribution in [0.2, 0.25) is 5.02 Å². The normalized spacial score (nSPS) is 13.9. The molecule has 4 heterocycles. The fraction of sp³-hybridized carbons (Fsp3) is 0.276. The average Bonchev–Trinajstić information content (AvgIpc) is 3.87. The summed E-state index contributed by atoms with van der Waals surface area (Å²) in [5.74, 6) is 3.00. The van der Waals surface area contributed by atoms with Gasteiger partial charge >= 0.3 is 0 Å². The number of phenols is 1. The van der Waals surface area contributed by atoms with Crippen LogP contribution in [0, 0.1) is 27.7 Å². The molecule has 0 amide bonds. The predicted octanol–water partition coefficient (Wildman–Crippen LogP) is 14.2. The summed E-state index contributed by atoms with van der Waals surface area (Å²) >= 11 is 9.33. The van der Waals surface area contributed by atoms with Crippen LogP contribution >= 0.6 is 34.3 Å². The van der Waals surface area contributed by atoms with Gasteiger partial charge in [-0.05, 0) is 130 Å². The summed E-state index contributed by atoms with van der Waals surface area (Å²) in [7, 11) is 0. The Morgan fingerprint density at radius 1 is 0.592 bits per heavy atom. The Labute approximate surface area is 427 Å². The second-order valence-corrected chi connectivity index (χ2v) is 20.4. The van der Waals surface area contributed by atoms with E-state index < -0.39 is 0 Å². The fourth-order valence-electron chi connectivity index (χ4n) is 8.39. The number of rotatable bonds is 16. The first-order chi connectivity index (χ1) is 34.4. The highest BCUT2D eigenvalue weighted by molar-refractivity contribution is 7.22. The van der Waals surface area contributed by atoms with E-state index in [-0.39, 0.29) is 42.9 Å². The van der Waals surface area contributed by atoms with Gasteiger partial charge in [0.25, 0.3) is 0 Å². The van der Waals surface area contributed by atoms with E-state index in [1.807, 2.05) is 125 Å². The number of alkyl halides is 2. The zero-order valence-corrected chi connectivity index (χ0v) is 42.6. The lowest BCUT2D eigenvalue weighted by Crippen LogP contribution is -2.53. The molecule has 0 radical (unpaired) electrons. The fourth-order valence-corrected chi connectivity index (χ4v) is 11.1. The van der Waals surface area contributed by atoms with Crippen LogP contribution in [0.5, 0.6) is 28.7 Å². The molecule has 2 aliphatic heterocycles. The van der Waals surface area contributed by atoms with Crippen molar-refractivity contribution < 1.29 is 37.7 Å². The highest BCUT2D eigenvalue weighted by atomic mass is 35.5. The molecule has 2 saturated heterocycles. The van der Waals surface area contributed by atoms with E-state index in [4.69, 9.17) is 30.9 Å². The predicted molar refractivity (Wildman–Crippen MR) is 285 cm³/mol. The zero-order valence-electron chi connectivity index (χ0n) is 40.3. The van der Waals surface area contributed by atoms with Crippen LogP contribution in [-0.4, -0.2) is 91.3 Å². The molecule has 1 N–H and O–H groups in total. The topological polar surface area (TPSA) is 88.5 Å². The van der Waals surface area contributed by atoms with Gasteiger partial charge in [-0.25, -0.2) is 0 Å². The quantitative estimate of drug-likeness (QED) is 0.0958. The lowest BCUT2D eigenvalue weighted by atomic mass is 10.0. The van der Waals surface area contributed by atoms with Gasteiger partial charge in [-0.15, -0.1) is 22.7 Å². The Bertz CT molecular complexity index is 3090. The summed E-state index contributed by atoms with van der Waals surface area (Å²) in [5.41, 5.74) is 5.63. The molecule has 0 bridgehead atoms. The van der Waals surface area contributed by atoms with Crippen molar-refractivity contribution in [2.75, 3.05) is 52.6 Å². The van der Waals surface area contributed by atoms with Gasteiger partial charge in [0, 0.05) is 70.6 Å². The number of carbonyl (C=O) groups excluding carboxylic acids is 2. The van der Waals surface area contributed by atoms with E-state index in [1.165, 1.54) is 28.2 Å². The molecule has 8 nitrogen and oxygen atoms in total. The minimum Gasteiger partial charge on any atom is -0.508 e. The van der Waals surface area contributed by atoms with Gasteiger partial charge in [0.15, 0.2) is 5.75 Å². The highest BCUT2D eigenvalue weighted by Gasteiger charge is 2.29. The smallest absolute Gasteiger partial charge is 0.207 e. The van der Waals surface area contributed by atoms with Gasteiger partial charge in [0.05, 0.1) is 23.2 Å². The van der Waals surface area contributed by atoms with Crippen molar-refractivity contribution in [3.63, 3.8) is 0 Å². The van der Waals surface area contributed by atoms with E-state index in [0.717, 1.165) is 93.2 Å². The summed E-state index contributed by atoms with van der Waals surface area (Å²) < 4.78 is 44.4. The first kappa shape index (κ1) is 51.2. The lowest BCUT2D eigenvalue weighted by Gasteiger charge is -2.38. The minimum atomic E-state index is -0.277. The van der Waals surface area contributed by atoms with Gasteiger partial charge in [-0.1, -0.05) is 78.3 Å². The number of halogens is 3. The van der Waals surface area contributed by atoms with E-state index in [1.54, 1.807) is 24.3 Å². The maximum absolute atomic E-state index is 13.5. The third-order valence-electron chi connectivity index (χ3n) is 12.3. The first-order valence-corrected chi connectivity index (χ1v) is 25.8. The van der Waals surface area contributed by atoms with Crippen LogP contribution in [-0.2, 0) is 0 Å². The summed E-state index contributed by atoms with van der Waals surface area (Å²) in [6.07, 6.45) is 1.50. The van der Waals surface area contributed by atoms with Gasteiger partial charge in [0.2, 0.25) is 11.6 Å². The van der Waals surface area contributed by atoms with Crippen LogP contribution in [0.4, 0.5) is 8.78 Å². The third kappa shape index (κ3) is 12.9. The maximum Gasteiger partial charge on any atom is 0.207 e. The molecular formula is C58H57ClF2N2O6S2. The number of aromatic hydroxyl groups is 1. The van der Waals surface area contributed by atoms with Crippen LogP contribution in [0.15, 0.2) is 133 Å². The number of phenolic OH excluding ortho intramolecular Hbond substituents is 1. The maximum atomic E-state index is 13.5. The molecule has 2 aliphatic rings. The number of thiophene rings is 2. The summed E-state index contributed by atoms with van der Waals surface area (Å²) in [4.78, 5) is 31.8. The Morgan fingerprint density at radius 3 is 1.54 bits per heavy atom. The number of carbonyl (C=O) groups is 2. The van der Waals surface area contributed by atoms with Crippen molar-refractivity contribution in [2.24, 2.45) is 0 Å². The molecule has 8 aromatic rings. The Balaban J connectivity index is 0.000000158. The number of benzene rings is 6. The van der Waals surface area contributed by atoms with Crippen molar-refractivity contribution >= 4 is 66.0 Å². The summed E-state index contributed by atoms with van der Waals surface area (Å²) in [5, 5.41) is 11.6. The monoisotopic (exact) mass is 1010 g/mol. The molecule has 2 fully saturated rings. The van der Waals surface area contributed by atoms with E-state index in [0.29, 0.717) is 44.7 Å². The van der Waals surface area contributed by atoms with Crippen molar-refractivity contribution in [1.29, 1.82) is 0 Å². The minimum absolute atomic E-state index is 0.00644. The largest absolute Gasteiger partial charge is 0.508 e. The van der Waals surface area contributed by atoms with Crippen molar-refractivity contribution in [2.45, 2.75) is 52.7 Å². The summed E-state index contributed by atoms with van der Waals surface area (Å²) in [6, 6.07) is 41.7. The molecule has 71 heavy (non-hydrogen) atoms. The molecule has 0 aliphatic carbocycles. The number of likely N-dealkylation sites (tertiary alicyclic amines) is 2.